The first kappa shape index (κ1) is 12.3. The lowest BCUT2D eigenvalue weighted by atomic mass is 10.1. The second-order valence-corrected chi connectivity index (χ2v) is 5.32. The quantitative estimate of drug-likeness (QED) is 0.774. The summed E-state index contributed by atoms with van der Waals surface area (Å²) in [7, 11) is 0. The van der Waals surface area contributed by atoms with Crippen LogP contribution in [0.15, 0.2) is 0 Å². The molecule has 2 heterocycles. The van der Waals surface area contributed by atoms with E-state index in [1.165, 1.54) is 58.5 Å². The highest BCUT2D eigenvalue weighted by Crippen LogP contribution is 2.25. The van der Waals surface area contributed by atoms with Crippen LogP contribution in [-0.4, -0.2) is 61.2 Å². The van der Waals surface area contributed by atoms with Crippen LogP contribution in [-0.2, 0) is 0 Å². The average molecular weight is 225 g/mol. The number of nitrogens with zero attached hydrogens (tertiary/aromatic N) is 2. The minimum absolute atomic E-state index is 0.813. The second kappa shape index (κ2) is 5.99. The van der Waals surface area contributed by atoms with Crippen LogP contribution in [0.2, 0.25) is 0 Å². The Labute approximate surface area is 100 Å². The Kier molecular flexibility index (Phi) is 4.62. The Bertz CT molecular complexity index is 201. The van der Waals surface area contributed by atoms with Gasteiger partial charge in [-0.2, -0.15) is 0 Å². The van der Waals surface area contributed by atoms with Crippen LogP contribution < -0.4 is 5.32 Å². The van der Waals surface area contributed by atoms with E-state index in [1.807, 2.05) is 0 Å². The van der Waals surface area contributed by atoms with Crippen molar-refractivity contribution in [1.82, 2.24) is 15.1 Å². The molecule has 0 aromatic carbocycles. The van der Waals surface area contributed by atoms with Crippen molar-refractivity contribution in [2.45, 2.75) is 45.2 Å². The molecule has 0 radical (unpaired) electrons. The molecule has 0 aromatic heterocycles. The highest BCUT2D eigenvalue weighted by molar-refractivity contribution is 4.85. The standard InChI is InChI=1S/C13H27N3/c1-3-13-5-4-12(2)16(13)11-10-15-8-6-14-7-9-15/h12-14H,3-11H2,1-2H3. The number of rotatable bonds is 4. The average Bonchev–Trinajstić information content (AvgIpc) is 2.69. The predicted octanol–water partition coefficient (Wildman–Crippen LogP) is 1.15. The van der Waals surface area contributed by atoms with Crippen molar-refractivity contribution < 1.29 is 0 Å². The van der Waals surface area contributed by atoms with Gasteiger partial charge in [-0.15, -0.1) is 0 Å². The third kappa shape index (κ3) is 2.96. The molecule has 0 aromatic rings. The van der Waals surface area contributed by atoms with E-state index >= 15 is 0 Å². The fourth-order valence-electron chi connectivity index (χ4n) is 3.16. The first-order valence-electron chi connectivity index (χ1n) is 7.00. The van der Waals surface area contributed by atoms with Gasteiger partial charge in [0.15, 0.2) is 0 Å². The molecular weight excluding hydrogens is 198 g/mol. The molecule has 2 saturated heterocycles. The van der Waals surface area contributed by atoms with E-state index in [0.29, 0.717) is 0 Å². The summed E-state index contributed by atoms with van der Waals surface area (Å²) in [4.78, 5) is 5.34. The third-order valence-electron chi connectivity index (χ3n) is 4.31. The molecule has 0 aliphatic carbocycles. The molecule has 2 rings (SSSR count). The summed E-state index contributed by atoms with van der Waals surface area (Å²) in [5, 5.41) is 3.42. The fourth-order valence-corrected chi connectivity index (χ4v) is 3.16. The molecule has 2 aliphatic heterocycles. The van der Waals surface area contributed by atoms with Gasteiger partial charge in [-0.3, -0.25) is 9.80 Å². The van der Waals surface area contributed by atoms with Gasteiger partial charge in [-0.25, -0.2) is 0 Å². The predicted molar refractivity (Wildman–Crippen MR) is 68.8 cm³/mol. The van der Waals surface area contributed by atoms with Gasteiger partial charge in [0.05, 0.1) is 0 Å². The van der Waals surface area contributed by atoms with Gasteiger partial charge in [-0.05, 0) is 26.2 Å². The van der Waals surface area contributed by atoms with Crippen molar-refractivity contribution >= 4 is 0 Å². The van der Waals surface area contributed by atoms with Gasteiger partial charge in [0, 0.05) is 51.4 Å². The van der Waals surface area contributed by atoms with Crippen LogP contribution in [0.3, 0.4) is 0 Å². The molecule has 0 amide bonds. The van der Waals surface area contributed by atoms with E-state index in [9.17, 15) is 0 Å². The van der Waals surface area contributed by atoms with Gasteiger partial charge in [-0.1, -0.05) is 6.92 Å². The van der Waals surface area contributed by atoms with Gasteiger partial charge >= 0.3 is 0 Å². The Hall–Kier alpha value is -0.120. The van der Waals surface area contributed by atoms with E-state index in [4.69, 9.17) is 0 Å². The molecular formula is C13H27N3. The lowest BCUT2D eigenvalue weighted by Crippen LogP contribution is -2.47. The molecule has 0 saturated carbocycles. The van der Waals surface area contributed by atoms with Gasteiger partial charge in [0.2, 0.25) is 0 Å². The van der Waals surface area contributed by atoms with E-state index in [0.717, 1.165) is 12.1 Å². The summed E-state index contributed by atoms with van der Waals surface area (Å²) in [6.07, 6.45) is 4.14. The molecule has 3 heteroatoms. The summed E-state index contributed by atoms with van der Waals surface area (Å²) in [6.45, 7) is 12.1. The lowest BCUT2D eigenvalue weighted by molar-refractivity contribution is 0.152. The zero-order valence-electron chi connectivity index (χ0n) is 10.9. The van der Waals surface area contributed by atoms with Crippen LogP contribution in [0.4, 0.5) is 0 Å². The first-order chi connectivity index (χ1) is 7.81. The van der Waals surface area contributed by atoms with Crippen LogP contribution in [0.1, 0.15) is 33.1 Å². The topological polar surface area (TPSA) is 18.5 Å². The summed E-state index contributed by atoms with van der Waals surface area (Å²) in [6, 6.07) is 1.67. The van der Waals surface area contributed by atoms with Gasteiger partial charge in [0.1, 0.15) is 0 Å². The normalized spacial score (nSPS) is 33.4. The van der Waals surface area contributed by atoms with Gasteiger partial charge in [0.25, 0.3) is 0 Å². The zero-order valence-corrected chi connectivity index (χ0v) is 10.9. The molecule has 1 N–H and O–H groups in total. The van der Waals surface area contributed by atoms with Crippen molar-refractivity contribution in [3.8, 4) is 0 Å². The third-order valence-corrected chi connectivity index (χ3v) is 4.31. The largest absolute Gasteiger partial charge is 0.314 e. The van der Waals surface area contributed by atoms with E-state index in [1.54, 1.807) is 0 Å². The summed E-state index contributed by atoms with van der Waals surface area (Å²) in [5.74, 6) is 0. The minimum Gasteiger partial charge on any atom is -0.314 e. The minimum atomic E-state index is 0.813. The maximum atomic E-state index is 3.42. The number of hydrogen-bond donors (Lipinski definition) is 1. The number of likely N-dealkylation sites (tertiary alicyclic amines) is 1. The highest BCUT2D eigenvalue weighted by Gasteiger charge is 2.28. The maximum absolute atomic E-state index is 3.42. The fraction of sp³-hybridized carbons (Fsp3) is 1.00. The highest BCUT2D eigenvalue weighted by atomic mass is 15.3. The van der Waals surface area contributed by atoms with Crippen molar-refractivity contribution in [3.63, 3.8) is 0 Å². The molecule has 0 spiro atoms. The Balaban J connectivity index is 1.74. The SMILES string of the molecule is CCC1CCC(C)N1CCN1CCNCC1. The van der Waals surface area contributed by atoms with Crippen molar-refractivity contribution in [2.24, 2.45) is 0 Å². The van der Waals surface area contributed by atoms with Crippen LogP contribution in [0.5, 0.6) is 0 Å². The smallest absolute Gasteiger partial charge is 0.0115 e. The van der Waals surface area contributed by atoms with Crippen molar-refractivity contribution in [2.75, 3.05) is 39.3 Å². The van der Waals surface area contributed by atoms with Crippen LogP contribution in [0, 0.1) is 0 Å². The Morgan fingerprint density at radius 2 is 1.88 bits per heavy atom. The molecule has 2 atom stereocenters. The Morgan fingerprint density at radius 1 is 1.12 bits per heavy atom. The van der Waals surface area contributed by atoms with Crippen LogP contribution >= 0.6 is 0 Å². The van der Waals surface area contributed by atoms with Crippen molar-refractivity contribution in [3.05, 3.63) is 0 Å². The maximum Gasteiger partial charge on any atom is 0.0115 e. The summed E-state index contributed by atoms with van der Waals surface area (Å²) >= 11 is 0. The van der Waals surface area contributed by atoms with Crippen LogP contribution in [0.25, 0.3) is 0 Å². The van der Waals surface area contributed by atoms with E-state index in [2.05, 4.69) is 29.0 Å². The number of hydrogen-bond acceptors (Lipinski definition) is 3. The molecule has 2 aliphatic rings. The summed E-state index contributed by atoms with van der Waals surface area (Å²) in [5.41, 5.74) is 0. The monoisotopic (exact) mass is 225 g/mol. The molecule has 16 heavy (non-hydrogen) atoms. The van der Waals surface area contributed by atoms with Crippen molar-refractivity contribution in [1.29, 1.82) is 0 Å². The molecule has 2 fully saturated rings. The Morgan fingerprint density at radius 3 is 2.56 bits per heavy atom. The second-order valence-electron chi connectivity index (χ2n) is 5.32. The molecule has 3 nitrogen and oxygen atoms in total. The molecule has 94 valence electrons. The van der Waals surface area contributed by atoms with E-state index < -0.39 is 0 Å². The molecule has 0 bridgehead atoms. The number of piperazine rings is 1. The molecule has 2 unspecified atom stereocenters. The van der Waals surface area contributed by atoms with E-state index in [-0.39, 0.29) is 0 Å². The number of nitrogens with one attached hydrogen (secondary N) is 1. The zero-order chi connectivity index (χ0) is 11.4. The summed E-state index contributed by atoms with van der Waals surface area (Å²) < 4.78 is 0. The first-order valence-corrected chi connectivity index (χ1v) is 7.00. The van der Waals surface area contributed by atoms with Gasteiger partial charge < -0.3 is 5.32 Å². The lowest BCUT2D eigenvalue weighted by Gasteiger charge is -2.32.